The summed E-state index contributed by atoms with van der Waals surface area (Å²) < 4.78 is 1.55. The third-order valence-corrected chi connectivity index (χ3v) is 4.40. The molecule has 122 valence electrons. The minimum absolute atomic E-state index is 0.139. The number of likely N-dealkylation sites (N-methyl/N-ethyl adjacent to an activating group) is 1. The molecule has 0 amide bonds. The molecule has 1 aromatic heterocycles. The van der Waals surface area contributed by atoms with Gasteiger partial charge in [0.05, 0.1) is 16.5 Å². The first-order valence-electron chi connectivity index (χ1n) is 7.72. The molecule has 0 radical (unpaired) electrons. The Hall–Kier alpha value is -2.41. The van der Waals surface area contributed by atoms with E-state index in [1.165, 1.54) is 18.2 Å². The van der Waals surface area contributed by atoms with Crippen molar-refractivity contribution in [1.29, 1.82) is 0 Å². The summed E-state index contributed by atoms with van der Waals surface area (Å²) in [6.45, 7) is 6.61. The van der Waals surface area contributed by atoms with Crippen molar-refractivity contribution in [2.24, 2.45) is 7.05 Å². The lowest BCUT2D eigenvalue weighted by Crippen LogP contribution is -2.48. The Labute approximate surface area is 133 Å². The highest BCUT2D eigenvalue weighted by Crippen LogP contribution is 2.17. The number of anilines is 1. The Bertz CT molecular complexity index is 807. The van der Waals surface area contributed by atoms with Gasteiger partial charge in [0.1, 0.15) is 0 Å². The van der Waals surface area contributed by atoms with Crippen molar-refractivity contribution in [3.05, 3.63) is 34.1 Å². The number of hydrogen-bond acceptors (Lipinski definition) is 5. The summed E-state index contributed by atoms with van der Waals surface area (Å²) >= 11 is 0. The van der Waals surface area contributed by atoms with Crippen LogP contribution >= 0.6 is 0 Å². The smallest absolute Gasteiger partial charge is 0.335 e. The van der Waals surface area contributed by atoms with E-state index in [0.717, 1.165) is 32.7 Å². The number of benzene rings is 1. The molecule has 0 atom stereocenters. The number of carboxylic acid groups (broad SMARTS) is 1. The maximum absolute atomic E-state index is 12.5. The molecular formula is C16H20N4O3. The predicted molar refractivity (Wildman–Crippen MR) is 88.3 cm³/mol. The second-order valence-corrected chi connectivity index (χ2v) is 5.73. The molecule has 1 aliphatic rings. The molecule has 2 aromatic rings. The fraction of sp³-hybridized carbons (Fsp3) is 0.438. The molecule has 0 unspecified atom stereocenters. The van der Waals surface area contributed by atoms with Gasteiger partial charge in [-0.1, -0.05) is 6.92 Å². The molecule has 2 heterocycles. The highest BCUT2D eigenvalue weighted by molar-refractivity contribution is 5.93. The van der Waals surface area contributed by atoms with Gasteiger partial charge in [0, 0.05) is 33.2 Å². The van der Waals surface area contributed by atoms with Gasteiger partial charge < -0.3 is 14.9 Å². The average Bonchev–Trinajstić information content (AvgIpc) is 2.57. The van der Waals surface area contributed by atoms with E-state index >= 15 is 0 Å². The molecule has 0 bridgehead atoms. The number of carboxylic acids is 1. The lowest BCUT2D eigenvalue weighted by Gasteiger charge is -2.35. The summed E-state index contributed by atoms with van der Waals surface area (Å²) in [6, 6.07) is 4.44. The van der Waals surface area contributed by atoms with Gasteiger partial charge in [0.2, 0.25) is 5.95 Å². The van der Waals surface area contributed by atoms with Crippen molar-refractivity contribution in [2.75, 3.05) is 37.6 Å². The van der Waals surface area contributed by atoms with E-state index in [-0.39, 0.29) is 11.1 Å². The maximum Gasteiger partial charge on any atom is 0.335 e. The standard InChI is InChI=1S/C16H20N4O3/c1-3-19-6-8-20(9-7-19)16-17-13-10-11(15(22)23)4-5-12(13)14(21)18(16)2/h4-5,10H,3,6-9H2,1-2H3,(H,22,23). The van der Waals surface area contributed by atoms with Crippen LogP contribution in [-0.4, -0.2) is 58.3 Å². The molecule has 1 aliphatic heterocycles. The van der Waals surface area contributed by atoms with Crippen molar-refractivity contribution >= 4 is 22.8 Å². The van der Waals surface area contributed by atoms with E-state index in [1.807, 2.05) is 0 Å². The quantitative estimate of drug-likeness (QED) is 0.901. The first-order valence-corrected chi connectivity index (χ1v) is 7.72. The Kier molecular flexibility index (Phi) is 4.04. The van der Waals surface area contributed by atoms with Crippen molar-refractivity contribution < 1.29 is 9.90 Å². The van der Waals surface area contributed by atoms with Crippen LogP contribution in [0.4, 0.5) is 5.95 Å². The number of nitrogens with zero attached hydrogens (tertiary/aromatic N) is 4. The topological polar surface area (TPSA) is 78.7 Å². The zero-order valence-electron chi connectivity index (χ0n) is 13.3. The van der Waals surface area contributed by atoms with Gasteiger partial charge >= 0.3 is 5.97 Å². The second-order valence-electron chi connectivity index (χ2n) is 5.73. The number of aromatic carboxylic acids is 1. The summed E-state index contributed by atoms with van der Waals surface area (Å²) in [6.07, 6.45) is 0. The summed E-state index contributed by atoms with van der Waals surface area (Å²) in [4.78, 5) is 32.6. The van der Waals surface area contributed by atoms with E-state index in [0.29, 0.717) is 16.9 Å². The number of hydrogen-bond donors (Lipinski definition) is 1. The van der Waals surface area contributed by atoms with Crippen LogP contribution in [0.5, 0.6) is 0 Å². The number of rotatable bonds is 3. The van der Waals surface area contributed by atoms with Crippen LogP contribution in [0.1, 0.15) is 17.3 Å². The summed E-state index contributed by atoms with van der Waals surface area (Å²) in [5.74, 6) is -0.423. The molecule has 1 aromatic carbocycles. The van der Waals surface area contributed by atoms with Crippen LogP contribution in [0.15, 0.2) is 23.0 Å². The number of carbonyl (C=O) groups is 1. The normalized spacial score (nSPS) is 16.0. The lowest BCUT2D eigenvalue weighted by atomic mass is 10.1. The molecule has 1 fully saturated rings. The first kappa shape index (κ1) is 15.5. The average molecular weight is 316 g/mol. The Morgan fingerprint density at radius 2 is 1.96 bits per heavy atom. The van der Waals surface area contributed by atoms with E-state index in [4.69, 9.17) is 5.11 Å². The van der Waals surface area contributed by atoms with Gasteiger partial charge in [-0.2, -0.15) is 0 Å². The number of fused-ring (bicyclic) bond motifs is 1. The van der Waals surface area contributed by atoms with Gasteiger partial charge in [-0.3, -0.25) is 9.36 Å². The highest BCUT2D eigenvalue weighted by atomic mass is 16.4. The van der Waals surface area contributed by atoms with Crippen molar-refractivity contribution in [3.8, 4) is 0 Å². The summed E-state index contributed by atoms with van der Waals surface area (Å²) in [5, 5.41) is 9.55. The lowest BCUT2D eigenvalue weighted by molar-refractivity contribution is 0.0697. The van der Waals surface area contributed by atoms with E-state index < -0.39 is 5.97 Å². The highest BCUT2D eigenvalue weighted by Gasteiger charge is 2.20. The maximum atomic E-state index is 12.5. The van der Waals surface area contributed by atoms with Crippen molar-refractivity contribution in [1.82, 2.24) is 14.5 Å². The predicted octanol–water partition coefficient (Wildman–Crippen LogP) is 0.774. The second kappa shape index (κ2) is 6.00. The molecular weight excluding hydrogens is 296 g/mol. The Morgan fingerprint density at radius 3 is 2.57 bits per heavy atom. The molecule has 7 nitrogen and oxygen atoms in total. The van der Waals surface area contributed by atoms with E-state index in [1.54, 1.807) is 11.6 Å². The Morgan fingerprint density at radius 1 is 1.26 bits per heavy atom. The number of piperazine rings is 1. The van der Waals surface area contributed by atoms with Gasteiger partial charge in [-0.05, 0) is 24.7 Å². The van der Waals surface area contributed by atoms with Crippen LogP contribution in [0.25, 0.3) is 10.9 Å². The summed E-state index contributed by atoms with van der Waals surface area (Å²) in [5.41, 5.74) is 0.417. The van der Waals surface area contributed by atoms with Gasteiger partial charge in [-0.15, -0.1) is 0 Å². The molecule has 0 spiro atoms. The third kappa shape index (κ3) is 2.79. The van der Waals surface area contributed by atoms with Crippen LogP contribution in [0.2, 0.25) is 0 Å². The van der Waals surface area contributed by atoms with Gasteiger partial charge in [0.15, 0.2) is 0 Å². The van der Waals surface area contributed by atoms with Gasteiger partial charge in [0.25, 0.3) is 5.56 Å². The van der Waals surface area contributed by atoms with Crippen LogP contribution in [0, 0.1) is 0 Å². The zero-order valence-corrected chi connectivity index (χ0v) is 13.3. The molecule has 3 rings (SSSR count). The largest absolute Gasteiger partial charge is 0.478 e. The monoisotopic (exact) mass is 316 g/mol. The Balaban J connectivity index is 2.05. The fourth-order valence-corrected chi connectivity index (χ4v) is 2.94. The molecule has 0 aliphatic carbocycles. The molecule has 23 heavy (non-hydrogen) atoms. The van der Waals surface area contributed by atoms with Crippen molar-refractivity contribution in [2.45, 2.75) is 6.92 Å². The van der Waals surface area contributed by atoms with Crippen LogP contribution < -0.4 is 10.5 Å². The zero-order chi connectivity index (χ0) is 16.6. The first-order chi connectivity index (χ1) is 11.0. The molecule has 0 saturated carbocycles. The molecule has 7 heteroatoms. The van der Waals surface area contributed by atoms with Crippen LogP contribution in [0.3, 0.4) is 0 Å². The van der Waals surface area contributed by atoms with Gasteiger partial charge in [-0.25, -0.2) is 9.78 Å². The van der Waals surface area contributed by atoms with E-state index in [9.17, 15) is 9.59 Å². The molecule has 1 saturated heterocycles. The number of aromatic nitrogens is 2. The van der Waals surface area contributed by atoms with E-state index in [2.05, 4.69) is 21.7 Å². The summed E-state index contributed by atoms with van der Waals surface area (Å²) in [7, 11) is 1.71. The minimum Gasteiger partial charge on any atom is -0.478 e. The SMILES string of the molecule is CCN1CCN(c2nc3cc(C(=O)O)ccc3c(=O)n2C)CC1. The molecule has 1 N–H and O–H groups in total. The van der Waals surface area contributed by atoms with Crippen LogP contribution in [-0.2, 0) is 7.05 Å². The third-order valence-electron chi connectivity index (χ3n) is 4.40. The minimum atomic E-state index is -1.02. The fourth-order valence-electron chi connectivity index (χ4n) is 2.94. The van der Waals surface area contributed by atoms with Crippen molar-refractivity contribution in [3.63, 3.8) is 0 Å².